The van der Waals surface area contributed by atoms with Gasteiger partial charge in [-0.3, -0.25) is 0 Å². The van der Waals surface area contributed by atoms with Gasteiger partial charge >= 0.3 is 0 Å². The SMILES string of the molecule is C/C(CO)=C(\C)CCOC1CCCCO1. The van der Waals surface area contributed by atoms with Crippen LogP contribution in [-0.2, 0) is 9.47 Å². The van der Waals surface area contributed by atoms with Crippen LogP contribution in [0.3, 0.4) is 0 Å². The van der Waals surface area contributed by atoms with Gasteiger partial charge in [0.05, 0.1) is 13.2 Å². The molecular formula is C12H22O3. The maximum absolute atomic E-state index is 8.93. The first-order chi connectivity index (χ1) is 7.24. The fourth-order valence-corrected chi connectivity index (χ4v) is 1.53. The lowest BCUT2D eigenvalue weighted by Crippen LogP contribution is -2.22. The van der Waals surface area contributed by atoms with E-state index in [-0.39, 0.29) is 12.9 Å². The molecule has 0 bridgehead atoms. The number of ether oxygens (including phenoxy) is 2. The van der Waals surface area contributed by atoms with E-state index in [0.717, 1.165) is 31.4 Å². The van der Waals surface area contributed by atoms with Gasteiger partial charge in [0.15, 0.2) is 6.29 Å². The quantitative estimate of drug-likeness (QED) is 0.713. The van der Waals surface area contributed by atoms with Crippen LogP contribution in [0.15, 0.2) is 11.1 Å². The molecule has 1 fully saturated rings. The summed E-state index contributed by atoms with van der Waals surface area (Å²) in [7, 11) is 0. The van der Waals surface area contributed by atoms with Gasteiger partial charge in [-0.25, -0.2) is 0 Å². The van der Waals surface area contributed by atoms with Crippen LogP contribution >= 0.6 is 0 Å². The highest BCUT2D eigenvalue weighted by molar-refractivity contribution is 5.09. The van der Waals surface area contributed by atoms with Crippen molar-refractivity contribution in [2.75, 3.05) is 19.8 Å². The van der Waals surface area contributed by atoms with Crippen molar-refractivity contribution >= 4 is 0 Å². The van der Waals surface area contributed by atoms with E-state index in [1.807, 2.05) is 13.8 Å². The first-order valence-electron chi connectivity index (χ1n) is 5.73. The van der Waals surface area contributed by atoms with Gasteiger partial charge in [-0.15, -0.1) is 0 Å². The third-order valence-corrected chi connectivity index (χ3v) is 2.88. The van der Waals surface area contributed by atoms with Crippen LogP contribution in [0.5, 0.6) is 0 Å². The number of hydrogen-bond donors (Lipinski definition) is 1. The summed E-state index contributed by atoms with van der Waals surface area (Å²) >= 11 is 0. The molecule has 3 nitrogen and oxygen atoms in total. The van der Waals surface area contributed by atoms with Crippen molar-refractivity contribution in [3.05, 3.63) is 11.1 Å². The summed E-state index contributed by atoms with van der Waals surface area (Å²) in [5, 5.41) is 8.93. The van der Waals surface area contributed by atoms with Crippen molar-refractivity contribution in [3.63, 3.8) is 0 Å². The average molecular weight is 214 g/mol. The molecule has 1 saturated heterocycles. The van der Waals surface area contributed by atoms with E-state index in [4.69, 9.17) is 14.6 Å². The Morgan fingerprint density at radius 2 is 2.13 bits per heavy atom. The first-order valence-corrected chi connectivity index (χ1v) is 5.73. The summed E-state index contributed by atoms with van der Waals surface area (Å²) in [6.07, 6.45) is 4.26. The van der Waals surface area contributed by atoms with Crippen LogP contribution in [0, 0.1) is 0 Å². The van der Waals surface area contributed by atoms with Crippen molar-refractivity contribution in [1.29, 1.82) is 0 Å². The average Bonchev–Trinajstić information content (AvgIpc) is 2.29. The molecule has 1 unspecified atom stereocenters. The first kappa shape index (κ1) is 12.7. The minimum atomic E-state index is 0.000910. The van der Waals surface area contributed by atoms with Gasteiger partial charge in [-0.05, 0) is 45.1 Å². The molecule has 0 radical (unpaired) electrons. The summed E-state index contributed by atoms with van der Waals surface area (Å²) in [6.45, 7) is 5.65. The fourth-order valence-electron chi connectivity index (χ4n) is 1.53. The number of hydrogen-bond acceptors (Lipinski definition) is 3. The van der Waals surface area contributed by atoms with Gasteiger partial charge in [-0.2, -0.15) is 0 Å². The maximum atomic E-state index is 8.93. The van der Waals surface area contributed by atoms with E-state index in [1.54, 1.807) is 0 Å². The highest BCUT2D eigenvalue weighted by Crippen LogP contribution is 2.15. The van der Waals surface area contributed by atoms with Gasteiger partial charge in [0.2, 0.25) is 0 Å². The summed E-state index contributed by atoms with van der Waals surface area (Å²) in [6, 6.07) is 0. The molecule has 3 heteroatoms. The van der Waals surface area contributed by atoms with E-state index < -0.39 is 0 Å². The van der Waals surface area contributed by atoms with Crippen LogP contribution in [0.2, 0.25) is 0 Å². The minimum Gasteiger partial charge on any atom is -0.392 e. The third-order valence-electron chi connectivity index (χ3n) is 2.88. The largest absolute Gasteiger partial charge is 0.392 e. The monoisotopic (exact) mass is 214 g/mol. The van der Waals surface area contributed by atoms with E-state index >= 15 is 0 Å². The predicted molar refractivity (Wildman–Crippen MR) is 59.6 cm³/mol. The highest BCUT2D eigenvalue weighted by atomic mass is 16.7. The molecule has 0 amide bonds. The Bertz CT molecular complexity index is 205. The second kappa shape index (κ2) is 6.99. The molecule has 1 aliphatic heterocycles. The van der Waals surface area contributed by atoms with E-state index in [1.165, 1.54) is 12.0 Å². The number of rotatable bonds is 5. The molecule has 0 spiro atoms. The lowest BCUT2D eigenvalue weighted by molar-refractivity contribution is -0.161. The molecule has 1 heterocycles. The Morgan fingerprint density at radius 3 is 2.73 bits per heavy atom. The normalized spacial score (nSPS) is 23.8. The molecule has 1 atom stereocenters. The zero-order valence-corrected chi connectivity index (χ0v) is 9.79. The zero-order valence-electron chi connectivity index (χ0n) is 9.79. The van der Waals surface area contributed by atoms with Gasteiger partial charge in [0.1, 0.15) is 0 Å². The summed E-state index contributed by atoms with van der Waals surface area (Å²) < 4.78 is 11.1. The van der Waals surface area contributed by atoms with Crippen molar-refractivity contribution in [3.8, 4) is 0 Å². The topological polar surface area (TPSA) is 38.7 Å². The summed E-state index contributed by atoms with van der Waals surface area (Å²) in [5.74, 6) is 0. The predicted octanol–water partition coefficient (Wildman–Crippen LogP) is 2.25. The molecule has 1 aliphatic rings. The lowest BCUT2D eigenvalue weighted by atomic mass is 10.1. The Labute approximate surface area is 92.1 Å². The van der Waals surface area contributed by atoms with Crippen LogP contribution in [0.1, 0.15) is 39.5 Å². The maximum Gasteiger partial charge on any atom is 0.157 e. The molecule has 0 aromatic carbocycles. The van der Waals surface area contributed by atoms with Crippen molar-refractivity contribution in [2.24, 2.45) is 0 Å². The molecule has 0 aromatic heterocycles. The second-order valence-electron chi connectivity index (χ2n) is 4.14. The Kier molecular flexibility index (Phi) is 5.91. The second-order valence-corrected chi connectivity index (χ2v) is 4.14. The van der Waals surface area contributed by atoms with Crippen LogP contribution in [0.4, 0.5) is 0 Å². The van der Waals surface area contributed by atoms with E-state index in [9.17, 15) is 0 Å². The van der Waals surface area contributed by atoms with Crippen molar-refractivity contribution in [1.82, 2.24) is 0 Å². The molecular weight excluding hydrogens is 192 g/mol. The van der Waals surface area contributed by atoms with Gasteiger partial charge in [0.25, 0.3) is 0 Å². The smallest absolute Gasteiger partial charge is 0.157 e. The molecule has 15 heavy (non-hydrogen) atoms. The van der Waals surface area contributed by atoms with Crippen LogP contribution in [0.25, 0.3) is 0 Å². The Morgan fingerprint density at radius 1 is 1.33 bits per heavy atom. The van der Waals surface area contributed by atoms with Crippen LogP contribution < -0.4 is 0 Å². The molecule has 1 rings (SSSR count). The molecule has 88 valence electrons. The molecule has 1 N–H and O–H groups in total. The lowest BCUT2D eigenvalue weighted by Gasteiger charge is -2.22. The number of aliphatic hydroxyl groups is 1. The van der Waals surface area contributed by atoms with Gasteiger partial charge < -0.3 is 14.6 Å². The van der Waals surface area contributed by atoms with Crippen molar-refractivity contribution in [2.45, 2.75) is 45.8 Å². The highest BCUT2D eigenvalue weighted by Gasteiger charge is 2.13. The Hall–Kier alpha value is -0.380. The van der Waals surface area contributed by atoms with Crippen LogP contribution in [-0.4, -0.2) is 31.2 Å². The Balaban J connectivity index is 2.15. The third kappa shape index (κ3) is 4.78. The zero-order chi connectivity index (χ0) is 11.1. The van der Waals surface area contributed by atoms with E-state index in [2.05, 4.69) is 0 Å². The van der Waals surface area contributed by atoms with Gasteiger partial charge in [0, 0.05) is 6.61 Å². The van der Waals surface area contributed by atoms with Gasteiger partial charge in [-0.1, -0.05) is 5.57 Å². The molecule has 0 saturated carbocycles. The fraction of sp³-hybridized carbons (Fsp3) is 0.833. The number of aliphatic hydroxyl groups excluding tert-OH is 1. The summed E-state index contributed by atoms with van der Waals surface area (Å²) in [5.41, 5.74) is 2.26. The standard InChI is InChI=1S/C12H22O3/c1-10(11(2)9-13)6-8-15-12-5-3-4-7-14-12/h12-13H,3-9H2,1-2H3/b11-10-. The van der Waals surface area contributed by atoms with Crippen molar-refractivity contribution < 1.29 is 14.6 Å². The minimum absolute atomic E-state index is 0.000910. The molecule has 0 aromatic rings. The molecule has 0 aliphatic carbocycles. The summed E-state index contributed by atoms with van der Waals surface area (Å²) in [4.78, 5) is 0. The van der Waals surface area contributed by atoms with E-state index in [0.29, 0.717) is 6.61 Å².